The summed E-state index contributed by atoms with van der Waals surface area (Å²) in [5.41, 5.74) is 1.61. The minimum absolute atomic E-state index is 0. The number of aliphatic imine (C=N–C) groups is 1. The van der Waals surface area contributed by atoms with Crippen molar-refractivity contribution in [1.82, 2.24) is 5.32 Å². The zero-order valence-corrected chi connectivity index (χ0v) is 21.4. The van der Waals surface area contributed by atoms with Crippen LogP contribution in [0.4, 0.5) is 5.69 Å². The van der Waals surface area contributed by atoms with E-state index < -0.39 is 9.84 Å². The molecule has 2 rings (SSSR count). The number of nitrogens with zero attached hydrogens (tertiary/aromatic N) is 1. The zero-order valence-electron chi connectivity index (χ0n) is 18.3. The minimum Gasteiger partial charge on any atom is -0.493 e. The number of ether oxygens (including phenoxy) is 2. The molecule has 0 atom stereocenters. The Morgan fingerprint density at radius 2 is 1.81 bits per heavy atom. The number of sulfone groups is 1. The van der Waals surface area contributed by atoms with E-state index >= 15 is 0 Å². The molecule has 0 fully saturated rings. The average Bonchev–Trinajstić information content (AvgIpc) is 2.72. The lowest BCUT2D eigenvalue weighted by molar-refractivity contribution is 0.311. The van der Waals surface area contributed by atoms with Crippen LogP contribution in [0.2, 0.25) is 0 Å². The summed E-state index contributed by atoms with van der Waals surface area (Å²) in [6.45, 7) is 5.51. The predicted octanol–water partition coefficient (Wildman–Crippen LogP) is 4.09. The molecule has 2 aromatic rings. The maximum atomic E-state index is 12.3. The van der Waals surface area contributed by atoms with Gasteiger partial charge in [0.15, 0.2) is 27.3 Å². The number of nitrogens with one attached hydrogen (secondary N) is 2. The van der Waals surface area contributed by atoms with Gasteiger partial charge in [-0.25, -0.2) is 8.42 Å². The Hall–Kier alpha value is -2.01. The molecule has 0 heterocycles. The Balaban J connectivity index is 0.00000480. The number of hydrogen-bond donors (Lipinski definition) is 2. The van der Waals surface area contributed by atoms with E-state index in [1.165, 1.54) is 0 Å². The van der Waals surface area contributed by atoms with E-state index in [9.17, 15) is 8.42 Å². The second-order valence-electron chi connectivity index (χ2n) is 6.62. The van der Waals surface area contributed by atoms with Crippen molar-refractivity contribution in [2.24, 2.45) is 4.99 Å². The van der Waals surface area contributed by atoms with Gasteiger partial charge in [0, 0.05) is 24.8 Å². The van der Waals surface area contributed by atoms with Crippen LogP contribution in [0.15, 0.2) is 53.5 Å². The first kappa shape index (κ1) is 27.0. The highest BCUT2D eigenvalue weighted by molar-refractivity contribution is 14.0. The number of rotatable bonds is 11. The van der Waals surface area contributed by atoms with Crippen molar-refractivity contribution in [3.05, 3.63) is 54.1 Å². The molecule has 0 bridgehead atoms. The molecule has 0 amide bonds. The van der Waals surface area contributed by atoms with E-state index in [2.05, 4.69) is 15.6 Å². The molecular formula is C22H32IN3O4S. The Bertz CT molecular complexity index is 922. The fraction of sp³-hybridized carbons (Fsp3) is 0.409. The summed E-state index contributed by atoms with van der Waals surface area (Å²) in [6.07, 6.45) is 0.457. The molecule has 0 aliphatic carbocycles. The van der Waals surface area contributed by atoms with Crippen LogP contribution in [0.25, 0.3) is 0 Å². The molecule has 0 aliphatic rings. The third kappa shape index (κ3) is 9.77. The molecule has 2 N–H and O–H groups in total. The van der Waals surface area contributed by atoms with E-state index in [1.807, 2.05) is 62.4 Å². The number of guanidine groups is 1. The van der Waals surface area contributed by atoms with Crippen molar-refractivity contribution < 1.29 is 17.9 Å². The van der Waals surface area contributed by atoms with Gasteiger partial charge in [-0.15, -0.1) is 24.0 Å². The van der Waals surface area contributed by atoms with Crippen molar-refractivity contribution in [2.45, 2.75) is 26.0 Å². The second-order valence-corrected chi connectivity index (χ2v) is 8.80. The number of hydrogen-bond acceptors (Lipinski definition) is 5. The Morgan fingerprint density at radius 1 is 1.06 bits per heavy atom. The molecule has 0 radical (unpaired) electrons. The van der Waals surface area contributed by atoms with Crippen LogP contribution in [0.3, 0.4) is 0 Å². The summed E-state index contributed by atoms with van der Waals surface area (Å²) >= 11 is 0. The summed E-state index contributed by atoms with van der Waals surface area (Å²) in [6, 6.07) is 14.8. The van der Waals surface area contributed by atoms with Gasteiger partial charge < -0.3 is 20.1 Å². The highest BCUT2D eigenvalue weighted by Gasteiger charge is 2.12. The van der Waals surface area contributed by atoms with E-state index in [1.54, 1.807) is 7.11 Å². The first-order chi connectivity index (χ1) is 14.5. The molecular weight excluding hydrogens is 529 g/mol. The Kier molecular flexibility index (Phi) is 12.3. The topological polar surface area (TPSA) is 89.0 Å². The lowest BCUT2D eigenvalue weighted by atomic mass is 10.2. The van der Waals surface area contributed by atoms with Crippen molar-refractivity contribution in [2.75, 3.05) is 37.9 Å². The summed E-state index contributed by atoms with van der Waals surface area (Å²) in [7, 11) is -1.56. The smallest absolute Gasteiger partial charge is 0.195 e. The third-order valence-corrected chi connectivity index (χ3v) is 5.87. The van der Waals surface area contributed by atoms with Gasteiger partial charge in [-0.2, -0.15) is 0 Å². The standard InChI is InChI=1S/C22H31N3O4S.HI/c1-4-23-22(25-19-12-13-20(28-3)21(16-19)29-5-2)24-14-9-15-30(26,27)17-18-10-7-6-8-11-18;/h6-8,10-13,16H,4-5,9,14-15,17H2,1-3H3,(H2,23,24,25);1H. The predicted molar refractivity (Wildman–Crippen MR) is 138 cm³/mol. The van der Waals surface area contributed by atoms with Crippen molar-refractivity contribution in [1.29, 1.82) is 0 Å². The Labute approximate surface area is 202 Å². The zero-order chi connectivity index (χ0) is 21.8. The number of benzene rings is 2. The highest BCUT2D eigenvalue weighted by Crippen LogP contribution is 2.30. The van der Waals surface area contributed by atoms with E-state index in [4.69, 9.17) is 9.47 Å². The maximum absolute atomic E-state index is 12.3. The van der Waals surface area contributed by atoms with Crippen LogP contribution < -0.4 is 20.1 Å². The normalized spacial score (nSPS) is 11.4. The average molecular weight is 561 g/mol. The van der Waals surface area contributed by atoms with Gasteiger partial charge in [-0.3, -0.25) is 4.99 Å². The van der Waals surface area contributed by atoms with Crippen LogP contribution in [-0.4, -0.2) is 46.9 Å². The SMILES string of the molecule is CCNC(=NCCCS(=O)(=O)Cc1ccccc1)Nc1ccc(OC)c(OCC)c1.I. The lowest BCUT2D eigenvalue weighted by Gasteiger charge is -2.14. The van der Waals surface area contributed by atoms with Crippen LogP contribution in [0.1, 0.15) is 25.8 Å². The van der Waals surface area contributed by atoms with Gasteiger partial charge in [-0.1, -0.05) is 30.3 Å². The molecule has 0 spiro atoms. The first-order valence-electron chi connectivity index (χ1n) is 10.1. The van der Waals surface area contributed by atoms with Crippen LogP contribution in [0.5, 0.6) is 11.5 Å². The van der Waals surface area contributed by atoms with Gasteiger partial charge in [0.2, 0.25) is 0 Å². The lowest BCUT2D eigenvalue weighted by Crippen LogP contribution is -2.31. The van der Waals surface area contributed by atoms with Crippen LogP contribution >= 0.6 is 24.0 Å². The van der Waals surface area contributed by atoms with Crippen LogP contribution in [-0.2, 0) is 15.6 Å². The minimum atomic E-state index is -3.16. The molecule has 0 unspecified atom stereocenters. The van der Waals surface area contributed by atoms with Gasteiger partial charge in [-0.05, 0) is 38.0 Å². The Morgan fingerprint density at radius 3 is 2.45 bits per heavy atom. The van der Waals surface area contributed by atoms with E-state index in [-0.39, 0.29) is 35.5 Å². The van der Waals surface area contributed by atoms with Gasteiger partial charge >= 0.3 is 0 Å². The maximum Gasteiger partial charge on any atom is 0.195 e. The van der Waals surface area contributed by atoms with Crippen molar-refractivity contribution >= 4 is 45.5 Å². The highest BCUT2D eigenvalue weighted by atomic mass is 127. The molecule has 172 valence electrons. The van der Waals surface area contributed by atoms with E-state index in [0.717, 1.165) is 11.3 Å². The number of methoxy groups -OCH3 is 1. The van der Waals surface area contributed by atoms with Crippen LogP contribution in [0, 0.1) is 0 Å². The largest absolute Gasteiger partial charge is 0.493 e. The fourth-order valence-electron chi connectivity index (χ4n) is 2.84. The molecule has 0 aromatic heterocycles. The molecule has 31 heavy (non-hydrogen) atoms. The summed E-state index contributed by atoms with van der Waals surface area (Å²) in [4.78, 5) is 4.50. The molecule has 7 nitrogen and oxygen atoms in total. The first-order valence-corrected chi connectivity index (χ1v) is 11.9. The molecule has 0 aliphatic heterocycles. The molecule has 2 aromatic carbocycles. The summed E-state index contributed by atoms with van der Waals surface area (Å²) in [5.74, 6) is 2.05. The molecule has 9 heteroatoms. The van der Waals surface area contributed by atoms with Gasteiger partial charge in [0.05, 0.1) is 25.2 Å². The second kappa shape index (κ2) is 14.1. The van der Waals surface area contributed by atoms with E-state index in [0.29, 0.717) is 43.6 Å². The monoisotopic (exact) mass is 561 g/mol. The summed E-state index contributed by atoms with van der Waals surface area (Å²) < 4.78 is 35.5. The van der Waals surface area contributed by atoms with Crippen molar-refractivity contribution in [3.8, 4) is 11.5 Å². The number of halogens is 1. The van der Waals surface area contributed by atoms with Crippen molar-refractivity contribution in [3.63, 3.8) is 0 Å². The fourth-order valence-corrected chi connectivity index (χ4v) is 4.26. The third-order valence-electron chi connectivity index (χ3n) is 4.18. The number of anilines is 1. The summed E-state index contributed by atoms with van der Waals surface area (Å²) in [5, 5.41) is 6.39. The van der Waals surface area contributed by atoms with Gasteiger partial charge in [0.1, 0.15) is 0 Å². The molecule has 0 saturated heterocycles. The van der Waals surface area contributed by atoms with Gasteiger partial charge in [0.25, 0.3) is 0 Å². The molecule has 0 saturated carbocycles. The quantitative estimate of drug-likeness (QED) is 0.186.